The lowest BCUT2D eigenvalue weighted by molar-refractivity contribution is 0.420. The number of nitrogens with two attached hydrogens (primary N) is 1. The molecule has 0 bridgehead atoms. The van der Waals surface area contributed by atoms with E-state index in [4.69, 9.17) is 5.73 Å². The molecule has 2 aromatic rings. The summed E-state index contributed by atoms with van der Waals surface area (Å²) in [5, 5.41) is 3.74. The Labute approximate surface area is 100 Å². The van der Waals surface area contributed by atoms with E-state index >= 15 is 0 Å². The highest BCUT2D eigenvalue weighted by atomic mass is 32.1. The largest absolute Gasteiger partial charge is 0.327 e. The second kappa shape index (κ2) is 3.57. The van der Waals surface area contributed by atoms with Gasteiger partial charge in [-0.3, -0.25) is 0 Å². The van der Waals surface area contributed by atoms with E-state index < -0.39 is 0 Å². The van der Waals surface area contributed by atoms with Crippen LogP contribution in [0.15, 0.2) is 29.6 Å². The summed E-state index contributed by atoms with van der Waals surface area (Å²) in [5.74, 6) is 0. The van der Waals surface area contributed by atoms with E-state index in [9.17, 15) is 0 Å². The van der Waals surface area contributed by atoms with Gasteiger partial charge in [0.2, 0.25) is 0 Å². The third-order valence-electron chi connectivity index (χ3n) is 3.96. The Hall–Kier alpha value is -0.860. The summed E-state index contributed by atoms with van der Waals surface area (Å²) in [6.07, 6.45) is 3.76. The smallest absolute Gasteiger partial charge is 0.0345 e. The number of rotatable bonds is 3. The van der Waals surface area contributed by atoms with Crippen molar-refractivity contribution in [3.63, 3.8) is 0 Å². The maximum atomic E-state index is 6.10. The predicted molar refractivity (Wildman–Crippen MR) is 70.8 cm³/mol. The van der Waals surface area contributed by atoms with Crippen LogP contribution in [0.1, 0.15) is 25.3 Å². The van der Waals surface area contributed by atoms with Crippen LogP contribution < -0.4 is 5.73 Å². The number of thiophene rings is 1. The molecule has 2 N–H and O–H groups in total. The second-order valence-electron chi connectivity index (χ2n) is 5.08. The quantitative estimate of drug-likeness (QED) is 0.858. The highest BCUT2D eigenvalue weighted by Gasteiger charge is 2.45. The zero-order valence-corrected chi connectivity index (χ0v) is 10.4. The first-order chi connectivity index (χ1) is 7.71. The molecule has 2 heteroatoms. The summed E-state index contributed by atoms with van der Waals surface area (Å²) in [5.41, 5.74) is 8.00. The van der Waals surface area contributed by atoms with E-state index in [1.54, 1.807) is 0 Å². The van der Waals surface area contributed by atoms with Gasteiger partial charge in [0.1, 0.15) is 0 Å². The van der Waals surface area contributed by atoms with E-state index in [1.807, 2.05) is 11.3 Å². The molecule has 0 spiro atoms. The molecule has 0 radical (unpaired) electrons. The SMILES string of the molecule is CC(N)C1(Cc2csc3ccccc23)CC1. The van der Waals surface area contributed by atoms with E-state index in [0.717, 1.165) is 6.42 Å². The lowest BCUT2D eigenvalue weighted by atomic mass is 9.90. The normalized spacial score (nSPS) is 19.9. The fraction of sp³-hybridized carbons (Fsp3) is 0.429. The minimum atomic E-state index is 0.325. The molecule has 16 heavy (non-hydrogen) atoms. The predicted octanol–water partition coefficient (Wildman–Crippen LogP) is 3.57. The lowest BCUT2D eigenvalue weighted by Crippen LogP contribution is -2.29. The first-order valence-corrected chi connectivity index (χ1v) is 6.80. The zero-order chi connectivity index (χ0) is 11.2. The molecule has 3 rings (SSSR count). The van der Waals surface area contributed by atoms with Crippen LogP contribution in [0.5, 0.6) is 0 Å². The van der Waals surface area contributed by atoms with Gasteiger partial charge in [-0.25, -0.2) is 0 Å². The van der Waals surface area contributed by atoms with Gasteiger partial charge < -0.3 is 5.73 Å². The Kier molecular flexibility index (Phi) is 2.30. The molecule has 1 heterocycles. The summed E-state index contributed by atoms with van der Waals surface area (Å²) >= 11 is 1.85. The zero-order valence-electron chi connectivity index (χ0n) is 9.57. The van der Waals surface area contributed by atoms with Crippen molar-refractivity contribution in [3.8, 4) is 0 Å². The number of hydrogen-bond acceptors (Lipinski definition) is 2. The average molecular weight is 231 g/mol. The molecule has 1 fully saturated rings. The molecule has 1 aromatic carbocycles. The molecular formula is C14H17NS. The van der Waals surface area contributed by atoms with Gasteiger partial charge in [0.25, 0.3) is 0 Å². The van der Waals surface area contributed by atoms with E-state index in [2.05, 4.69) is 36.6 Å². The maximum Gasteiger partial charge on any atom is 0.0345 e. The van der Waals surface area contributed by atoms with Crippen LogP contribution >= 0.6 is 11.3 Å². The Bertz CT molecular complexity index is 508. The minimum absolute atomic E-state index is 0.325. The van der Waals surface area contributed by atoms with Crippen molar-refractivity contribution in [2.24, 2.45) is 11.1 Å². The Morgan fingerprint density at radius 3 is 2.81 bits per heavy atom. The van der Waals surface area contributed by atoms with Crippen molar-refractivity contribution in [3.05, 3.63) is 35.2 Å². The van der Waals surface area contributed by atoms with Crippen molar-refractivity contribution in [2.45, 2.75) is 32.2 Å². The summed E-state index contributed by atoms with van der Waals surface area (Å²) in [6, 6.07) is 9.00. The molecule has 1 aliphatic rings. The number of benzene rings is 1. The molecule has 1 aromatic heterocycles. The van der Waals surface area contributed by atoms with Crippen molar-refractivity contribution in [1.82, 2.24) is 0 Å². The molecule has 1 atom stereocenters. The summed E-state index contributed by atoms with van der Waals surface area (Å²) < 4.78 is 1.40. The van der Waals surface area contributed by atoms with Crippen molar-refractivity contribution in [1.29, 1.82) is 0 Å². The van der Waals surface area contributed by atoms with Crippen LogP contribution in [0.3, 0.4) is 0 Å². The maximum absolute atomic E-state index is 6.10. The standard InChI is InChI=1S/C14H17NS/c1-10(15)14(6-7-14)8-11-9-16-13-5-3-2-4-12(11)13/h2-5,9-10H,6-8,15H2,1H3. The first kappa shape index (κ1) is 10.3. The first-order valence-electron chi connectivity index (χ1n) is 5.92. The van der Waals surface area contributed by atoms with Gasteiger partial charge in [0, 0.05) is 10.7 Å². The van der Waals surface area contributed by atoms with Crippen LogP contribution in [0.2, 0.25) is 0 Å². The fourth-order valence-corrected chi connectivity index (χ4v) is 3.47. The molecule has 1 nitrogen and oxygen atoms in total. The van der Waals surface area contributed by atoms with Gasteiger partial charge in [-0.2, -0.15) is 0 Å². The minimum Gasteiger partial charge on any atom is -0.327 e. The molecule has 1 aliphatic carbocycles. The van der Waals surface area contributed by atoms with Gasteiger partial charge in [-0.1, -0.05) is 18.2 Å². The molecule has 0 saturated heterocycles. The summed E-state index contributed by atoms with van der Waals surface area (Å²) in [6.45, 7) is 2.15. The van der Waals surface area contributed by atoms with Crippen LogP contribution in [0.4, 0.5) is 0 Å². The third-order valence-corrected chi connectivity index (χ3v) is 4.97. The topological polar surface area (TPSA) is 26.0 Å². The third kappa shape index (κ3) is 1.57. The lowest BCUT2D eigenvalue weighted by Gasteiger charge is -2.18. The monoisotopic (exact) mass is 231 g/mol. The summed E-state index contributed by atoms with van der Waals surface area (Å²) in [7, 11) is 0. The molecule has 0 aliphatic heterocycles. The Morgan fingerprint density at radius 1 is 1.38 bits per heavy atom. The van der Waals surface area contributed by atoms with Gasteiger partial charge >= 0.3 is 0 Å². The Balaban J connectivity index is 1.95. The second-order valence-corrected chi connectivity index (χ2v) is 6.00. The molecule has 0 amide bonds. The highest BCUT2D eigenvalue weighted by molar-refractivity contribution is 7.17. The van der Waals surface area contributed by atoms with Crippen LogP contribution in [-0.2, 0) is 6.42 Å². The van der Waals surface area contributed by atoms with E-state index in [1.165, 1.54) is 28.5 Å². The van der Waals surface area contributed by atoms with Crippen molar-refractivity contribution >= 4 is 21.4 Å². The van der Waals surface area contributed by atoms with Gasteiger partial charge in [-0.05, 0) is 54.0 Å². The molecule has 84 valence electrons. The van der Waals surface area contributed by atoms with E-state index in [-0.39, 0.29) is 0 Å². The van der Waals surface area contributed by atoms with Gasteiger partial charge in [0.05, 0.1) is 0 Å². The van der Waals surface area contributed by atoms with Crippen molar-refractivity contribution < 1.29 is 0 Å². The fourth-order valence-electron chi connectivity index (χ4n) is 2.50. The number of fused-ring (bicyclic) bond motifs is 1. The van der Waals surface area contributed by atoms with Crippen LogP contribution in [0.25, 0.3) is 10.1 Å². The van der Waals surface area contributed by atoms with Gasteiger partial charge in [-0.15, -0.1) is 11.3 Å². The molecule has 1 unspecified atom stereocenters. The summed E-state index contributed by atoms with van der Waals surface area (Å²) in [4.78, 5) is 0. The van der Waals surface area contributed by atoms with Crippen LogP contribution in [-0.4, -0.2) is 6.04 Å². The molecular weight excluding hydrogens is 214 g/mol. The number of hydrogen-bond donors (Lipinski definition) is 1. The molecule has 1 saturated carbocycles. The van der Waals surface area contributed by atoms with Gasteiger partial charge in [0.15, 0.2) is 0 Å². The Morgan fingerprint density at radius 2 is 2.12 bits per heavy atom. The van der Waals surface area contributed by atoms with Crippen LogP contribution in [0, 0.1) is 5.41 Å². The highest BCUT2D eigenvalue weighted by Crippen LogP contribution is 2.51. The average Bonchev–Trinajstić information content (AvgIpc) is 2.96. The van der Waals surface area contributed by atoms with E-state index in [0.29, 0.717) is 11.5 Å². The van der Waals surface area contributed by atoms with Crippen molar-refractivity contribution in [2.75, 3.05) is 0 Å².